The Bertz CT molecular complexity index is 793. The molecule has 4 rings (SSSR count). The summed E-state index contributed by atoms with van der Waals surface area (Å²) in [5.74, 6) is 0.692. The maximum absolute atomic E-state index is 12.7. The molecular formula is C20H29N5O3. The molecule has 0 unspecified atom stereocenters. The van der Waals surface area contributed by atoms with Crippen LogP contribution >= 0.6 is 0 Å². The number of imide groups is 1. The molecule has 8 nitrogen and oxygen atoms in total. The van der Waals surface area contributed by atoms with Crippen molar-refractivity contribution in [2.24, 2.45) is 5.92 Å². The van der Waals surface area contributed by atoms with Gasteiger partial charge in [-0.05, 0) is 51.5 Å². The molecular weight excluding hydrogens is 358 g/mol. The molecule has 3 heterocycles. The maximum Gasteiger partial charge on any atom is 0.324 e. The zero-order valence-corrected chi connectivity index (χ0v) is 16.9. The van der Waals surface area contributed by atoms with E-state index in [2.05, 4.69) is 37.0 Å². The monoisotopic (exact) mass is 387 g/mol. The molecule has 152 valence electrons. The number of hydrogen-bond acceptors (Lipinski definition) is 4. The van der Waals surface area contributed by atoms with Crippen LogP contribution in [0.25, 0.3) is 0 Å². The minimum absolute atomic E-state index is 0.0414. The number of aryl methyl sites for hydroxylation is 1. The normalized spacial score (nSPS) is 24.4. The van der Waals surface area contributed by atoms with Gasteiger partial charge >= 0.3 is 6.03 Å². The van der Waals surface area contributed by atoms with Crippen LogP contribution in [0, 0.1) is 5.92 Å². The summed E-state index contributed by atoms with van der Waals surface area (Å²) in [5.41, 5.74) is 2.45. The first-order valence-electron chi connectivity index (χ1n) is 10.2. The fourth-order valence-corrected chi connectivity index (χ4v) is 4.52. The standard InChI is InChI=1S/C20H29N5O3/c1-20(2,3)25-11-14-7-6-13-10-23(12-15(13)18(14)22-25)16(26)5-4-8-24-17(27)9-21-19(24)28/h11,13,15H,4-10,12H2,1-3H3,(H,21,28)/t13-,15+/m1/s1. The molecule has 28 heavy (non-hydrogen) atoms. The van der Waals surface area contributed by atoms with E-state index in [1.165, 1.54) is 16.2 Å². The Balaban J connectivity index is 1.36. The molecule has 1 N–H and O–H groups in total. The van der Waals surface area contributed by atoms with Crippen LogP contribution in [0.2, 0.25) is 0 Å². The van der Waals surface area contributed by atoms with Gasteiger partial charge in [-0.2, -0.15) is 5.10 Å². The Morgan fingerprint density at radius 1 is 1.29 bits per heavy atom. The van der Waals surface area contributed by atoms with E-state index >= 15 is 0 Å². The lowest BCUT2D eigenvalue weighted by Gasteiger charge is -2.22. The number of fused-ring (bicyclic) bond motifs is 3. The molecule has 1 aromatic heterocycles. The second kappa shape index (κ2) is 6.90. The third kappa shape index (κ3) is 3.40. The summed E-state index contributed by atoms with van der Waals surface area (Å²) in [5, 5.41) is 7.38. The van der Waals surface area contributed by atoms with E-state index in [0.29, 0.717) is 31.2 Å². The van der Waals surface area contributed by atoms with Crippen LogP contribution in [0.3, 0.4) is 0 Å². The lowest BCUT2D eigenvalue weighted by molar-refractivity contribution is -0.131. The number of aromatic nitrogens is 2. The predicted molar refractivity (Wildman–Crippen MR) is 103 cm³/mol. The maximum atomic E-state index is 12.7. The first-order valence-corrected chi connectivity index (χ1v) is 10.2. The Morgan fingerprint density at radius 2 is 2.07 bits per heavy atom. The van der Waals surface area contributed by atoms with Crippen molar-refractivity contribution in [2.45, 2.75) is 57.9 Å². The SMILES string of the molecule is CC(C)(C)n1cc2c(n1)[C@H]1CN(C(=O)CCCN3C(=O)CNC3=O)C[C@H]1CC2. The van der Waals surface area contributed by atoms with Crippen LogP contribution in [0.15, 0.2) is 6.20 Å². The third-order valence-corrected chi connectivity index (χ3v) is 6.15. The van der Waals surface area contributed by atoms with Gasteiger partial charge in [0.05, 0.1) is 17.8 Å². The third-order valence-electron chi connectivity index (χ3n) is 6.15. The summed E-state index contributed by atoms with van der Waals surface area (Å²) in [7, 11) is 0. The number of amides is 4. The molecule has 1 aromatic rings. The molecule has 2 atom stereocenters. The summed E-state index contributed by atoms with van der Waals surface area (Å²) < 4.78 is 2.06. The molecule has 8 heteroatoms. The van der Waals surface area contributed by atoms with Crippen molar-refractivity contribution in [1.82, 2.24) is 24.9 Å². The highest BCUT2D eigenvalue weighted by Gasteiger charge is 2.41. The van der Waals surface area contributed by atoms with Gasteiger partial charge in [-0.1, -0.05) is 0 Å². The summed E-state index contributed by atoms with van der Waals surface area (Å²) in [6, 6.07) is -0.355. The molecule has 0 spiro atoms. The smallest absolute Gasteiger partial charge is 0.324 e. The van der Waals surface area contributed by atoms with Gasteiger partial charge in [-0.3, -0.25) is 19.2 Å². The second-order valence-corrected chi connectivity index (χ2v) is 9.17. The van der Waals surface area contributed by atoms with Crippen LogP contribution in [-0.4, -0.2) is 63.6 Å². The van der Waals surface area contributed by atoms with Crippen molar-refractivity contribution >= 4 is 17.8 Å². The molecule has 4 amide bonds. The van der Waals surface area contributed by atoms with Crippen LogP contribution in [0.4, 0.5) is 4.79 Å². The number of carbonyl (C=O) groups is 3. The summed E-state index contributed by atoms with van der Waals surface area (Å²) >= 11 is 0. The minimum atomic E-state index is -0.355. The first-order chi connectivity index (χ1) is 13.2. The number of carbonyl (C=O) groups excluding carboxylic acids is 3. The van der Waals surface area contributed by atoms with Gasteiger partial charge in [0.25, 0.3) is 0 Å². The number of nitrogens with zero attached hydrogens (tertiary/aromatic N) is 4. The van der Waals surface area contributed by atoms with Crippen LogP contribution in [0.1, 0.15) is 57.2 Å². The zero-order chi connectivity index (χ0) is 20.1. The number of nitrogens with one attached hydrogen (secondary N) is 1. The highest BCUT2D eigenvalue weighted by Crippen LogP contribution is 2.41. The molecule has 1 aliphatic carbocycles. The fraction of sp³-hybridized carbons (Fsp3) is 0.700. The number of hydrogen-bond donors (Lipinski definition) is 1. The van der Waals surface area contributed by atoms with Crippen molar-refractivity contribution in [1.29, 1.82) is 0 Å². The lowest BCUT2D eigenvalue weighted by Crippen LogP contribution is -2.33. The Labute approximate surface area is 165 Å². The van der Waals surface area contributed by atoms with Gasteiger partial charge in [0.2, 0.25) is 11.8 Å². The van der Waals surface area contributed by atoms with Crippen LogP contribution in [0.5, 0.6) is 0 Å². The van der Waals surface area contributed by atoms with Crippen molar-refractivity contribution < 1.29 is 14.4 Å². The highest BCUT2D eigenvalue weighted by molar-refractivity contribution is 6.01. The molecule has 3 aliphatic rings. The molecule has 0 saturated carbocycles. The Morgan fingerprint density at radius 3 is 2.75 bits per heavy atom. The molecule has 0 radical (unpaired) electrons. The number of rotatable bonds is 4. The average Bonchev–Trinajstić information content (AvgIpc) is 3.32. The largest absolute Gasteiger partial charge is 0.342 e. The fourth-order valence-electron chi connectivity index (χ4n) is 4.52. The van der Waals surface area contributed by atoms with Gasteiger partial charge in [-0.25, -0.2) is 4.79 Å². The van der Waals surface area contributed by atoms with Crippen molar-refractivity contribution in [3.63, 3.8) is 0 Å². The molecule has 0 bridgehead atoms. The van der Waals surface area contributed by atoms with Crippen molar-refractivity contribution in [3.05, 3.63) is 17.5 Å². The van der Waals surface area contributed by atoms with Crippen LogP contribution < -0.4 is 5.32 Å². The minimum Gasteiger partial charge on any atom is -0.342 e. The Kier molecular flexibility index (Phi) is 4.67. The quantitative estimate of drug-likeness (QED) is 0.793. The lowest BCUT2D eigenvalue weighted by atomic mass is 9.81. The zero-order valence-electron chi connectivity index (χ0n) is 16.9. The predicted octanol–water partition coefficient (Wildman–Crippen LogP) is 1.46. The van der Waals surface area contributed by atoms with Gasteiger partial charge < -0.3 is 10.2 Å². The molecule has 2 aliphatic heterocycles. The van der Waals surface area contributed by atoms with Gasteiger partial charge in [0.1, 0.15) is 0 Å². The summed E-state index contributed by atoms with van der Waals surface area (Å²) in [4.78, 5) is 39.0. The average molecular weight is 387 g/mol. The Hall–Kier alpha value is -2.38. The van der Waals surface area contributed by atoms with Crippen LogP contribution in [-0.2, 0) is 21.5 Å². The van der Waals surface area contributed by atoms with Crippen molar-refractivity contribution in [3.8, 4) is 0 Å². The number of likely N-dealkylation sites (tertiary alicyclic amines) is 1. The summed E-state index contributed by atoms with van der Waals surface area (Å²) in [6.45, 7) is 8.33. The second-order valence-electron chi connectivity index (χ2n) is 9.17. The van der Waals surface area contributed by atoms with Crippen molar-refractivity contribution in [2.75, 3.05) is 26.2 Å². The first kappa shape index (κ1) is 19.0. The van der Waals surface area contributed by atoms with E-state index < -0.39 is 0 Å². The van der Waals surface area contributed by atoms with Gasteiger partial charge in [0, 0.05) is 38.2 Å². The topological polar surface area (TPSA) is 87.5 Å². The highest BCUT2D eigenvalue weighted by atomic mass is 16.2. The van der Waals surface area contributed by atoms with E-state index in [1.807, 2.05) is 4.90 Å². The molecule has 2 saturated heterocycles. The number of urea groups is 1. The van der Waals surface area contributed by atoms with E-state index in [9.17, 15) is 14.4 Å². The van der Waals surface area contributed by atoms with E-state index in [1.54, 1.807) is 0 Å². The van der Waals surface area contributed by atoms with E-state index in [0.717, 1.165) is 25.9 Å². The van der Waals surface area contributed by atoms with Gasteiger partial charge in [0.15, 0.2) is 0 Å². The molecule has 2 fully saturated rings. The van der Waals surface area contributed by atoms with E-state index in [-0.39, 0.29) is 29.9 Å². The van der Waals surface area contributed by atoms with Gasteiger partial charge in [-0.15, -0.1) is 0 Å². The summed E-state index contributed by atoms with van der Waals surface area (Å²) in [6.07, 6.45) is 5.17. The van der Waals surface area contributed by atoms with E-state index in [4.69, 9.17) is 5.10 Å². The molecule has 0 aromatic carbocycles.